The molecule has 19 heavy (non-hydrogen) atoms. The van der Waals surface area contributed by atoms with Crippen LogP contribution in [0.4, 0.5) is 5.13 Å². The highest BCUT2D eigenvalue weighted by Gasteiger charge is 2.34. The lowest BCUT2D eigenvalue weighted by atomic mass is 9.93. The molecule has 1 aromatic rings. The highest BCUT2D eigenvalue weighted by atomic mass is 32.1. The highest BCUT2D eigenvalue weighted by Crippen LogP contribution is 2.39. The molecule has 2 N–H and O–H groups in total. The fourth-order valence-corrected chi connectivity index (χ4v) is 3.91. The molecule has 6 heteroatoms. The number of fused-ring (bicyclic) bond motifs is 1. The third kappa shape index (κ3) is 2.47. The van der Waals surface area contributed by atoms with Gasteiger partial charge < -0.3 is 15.2 Å². The predicted molar refractivity (Wildman–Crippen MR) is 72.9 cm³/mol. The number of thiazole rings is 1. The van der Waals surface area contributed by atoms with Gasteiger partial charge in [-0.15, -0.1) is 11.3 Å². The molecule has 0 saturated carbocycles. The number of carboxylic acid groups (broad SMARTS) is 1. The third-order valence-corrected chi connectivity index (χ3v) is 5.07. The van der Waals surface area contributed by atoms with Gasteiger partial charge in [0.2, 0.25) is 0 Å². The smallest absolute Gasteiger partial charge is 0.312 e. The first-order valence-electron chi connectivity index (χ1n) is 6.66. The molecular weight excluding hydrogens is 264 g/mol. The molecule has 1 atom stereocenters. The van der Waals surface area contributed by atoms with Crippen molar-refractivity contribution in [2.45, 2.75) is 44.1 Å². The topological polar surface area (TPSA) is 71.5 Å². The number of aryl methyl sites for hydroxylation is 1. The van der Waals surface area contributed by atoms with Crippen LogP contribution < -0.4 is 5.32 Å². The minimum atomic E-state index is -0.757. The van der Waals surface area contributed by atoms with E-state index < -0.39 is 11.9 Å². The maximum atomic E-state index is 11.2. The van der Waals surface area contributed by atoms with Crippen LogP contribution in [-0.4, -0.2) is 34.8 Å². The lowest BCUT2D eigenvalue weighted by molar-refractivity contribution is -0.138. The van der Waals surface area contributed by atoms with Crippen LogP contribution in [0, 0.1) is 0 Å². The van der Waals surface area contributed by atoms with Crippen molar-refractivity contribution in [2.75, 3.05) is 18.5 Å². The molecular formula is C13H18N2O3S. The van der Waals surface area contributed by atoms with Crippen molar-refractivity contribution in [2.24, 2.45) is 0 Å². The number of aromatic nitrogens is 1. The standard InChI is InChI=1S/C13H18N2O3S/c1-13(4-6-18-7-5-13)15-12-14-10-8(11(16)17)2-3-9(10)19-12/h8H,2-7H2,1H3,(H,14,15)(H,16,17). The zero-order chi connectivity index (χ0) is 13.5. The summed E-state index contributed by atoms with van der Waals surface area (Å²) in [4.78, 5) is 16.8. The van der Waals surface area contributed by atoms with Crippen LogP contribution >= 0.6 is 11.3 Å². The third-order valence-electron chi connectivity index (χ3n) is 4.02. The first-order valence-corrected chi connectivity index (χ1v) is 7.47. The molecule has 0 spiro atoms. The minimum Gasteiger partial charge on any atom is -0.481 e. The monoisotopic (exact) mass is 282 g/mol. The number of nitrogens with one attached hydrogen (secondary N) is 1. The average Bonchev–Trinajstić information content (AvgIpc) is 2.88. The average molecular weight is 282 g/mol. The summed E-state index contributed by atoms with van der Waals surface area (Å²) in [7, 11) is 0. The fourth-order valence-electron chi connectivity index (χ4n) is 2.73. The SMILES string of the molecule is CC1(Nc2nc3c(s2)CCC3C(=O)O)CCOCC1. The van der Waals surface area contributed by atoms with Crippen LogP contribution in [-0.2, 0) is 16.0 Å². The second-order valence-electron chi connectivity index (χ2n) is 5.55. The molecule has 1 aromatic heterocycles. The highest BCUT2D eigenvalue weighted by molar-refractivity contribution is 7.15. The molecule has 0 bridgehead atoms. The van der Waals surface area contributed by atoms with Crippen molar-refractivity contribution >= 4 is 22.4 Å². The van der Waals surface area contributed by atoms with Crippen molar-refractivity contribution in [1.82, 2.24) is 4.98 Å². The number of aliphatic carboxylic acids is 1. The van der Waals surface area contributed by atoms with Crippen LogP contribution in [0.3, 0.4) is 0 Å². The van der Waals surface area contributed by atoms with Gasteiger partial charge in [0.15, 0.2) is 5.13 Å². The number of carbonyl (C=O) groups is 1. The largest absolute Gasteiger partial charge is 0.481 e. The molecule has 2 heterocycles. The summed E-state index contributed by atoms with van der Waals surface area (Å²) in [5.41, 5.74) is 0.790. The summed E-state index contributed by atoms with van der Waals surface area (Å²) in [5, 5.41) is 13.5. The van der Waals surface area contributed by atoms with Gasteiger partial charge in [-0.3, -0.25) is 4.79 Å². The molecule has 2 aliphatic rings. The molecule has 1 unspecified atom stereocenters. The quantitative estimate of drug-likeness (QED) is 0.889. The van der Waals surface area contributed by atoms with E-state index in [0.717, 1.165) is 48.2 Å². The van der Waals surface area contributed by atoms with Crippen LogP contribution in [0.25, 0.3) is 0 Å². The van der Waals surface area contributed by atoms with Crippen LogP contribution in [0.5, 0.6) is 0 Å². The summed E-state index contributed by atoms with van der Waals surface area (Å²) < 4.78 is 5.38. The van der Waals surface area contributed by atoms with E-state index >= 15 is 0 Å². The Bertz CT molecular complexity index is 494. The maximum absolute atomic E-state index is 11.2. The molecule has 0 radical (unpaired) electrons. The molecule has 0 aromatic carbocycles. The van der Waals surface area contributed by atoms with E-state index in [-0.39, 0.29) is 5.54 Å². The predicted octanol–water partition coefficient (Wildman–Crippen LogP) is 2.24. The van der Waals surface area contributed by atoms with E-state index in [1.165, 1.54) is 0 Å². The zero-order valence-corrected chi connectivity index (χ0v) is 11.8. The lowest BCUT2D eigenvalue weighted by Crippen LogP contribution is -2.40. The first-order chi connectivity index (χ1) is 9.07. The number of nitrogens with zero attached hydrogens (tertiary/aromatic N) is 1. The maximum Gasteiger partial charge on any atom is 0.312 e. The summed E-state index contributed by atoms with van der Waals surface area (Å²) in [6, 6.07) is 0. The van der Waals surface area contributed by atoms with Gasteiger partial charge in [0.25, 0.3) is 0 Å². The molecule has 3 rings (SSSR count). The minimum absolute atomic E-state index is 0.0164. The number of rotatable bonds is 3. The number of carboxylic acids is 1. The van der Waals surface area contributed by atoms with Gasteiger partial charge >= 0.3 is 5.97 Å². The number of hydrogen-bond acceptors (Lipinski definition) is 5. The van der Waals surface area contributed by atoms with Crippen molar-refractivity contribution in [3.63, 3.8) is 0 Å². The molecule has 0 amide bonds. The van der Waals surface area contributed by atoms with Crippen LogP contribution in [0.15, 0.2) is 0 Å². The molecule has 1 aliphatic heterocycles. The van der Waals surface area contributed by atoms with E-state index in [0.29, 0.717) is 6.42 Å². The molecule has 1 fully saturated rings. The number of ether oxygens (including phenoxy) is 1. The Morgan fingerprint density at radius 3 is 2.95 bits per heavy atom. The second-order valence-corrected chi connectivity index (χ2v) is 6.64. The van der Waals surface area contributed by atoms with Gasteiger partial charge in [-0.05, 0) is 32.6 Å². The summed E-state index contributed by atoms with van der Waals surface area (Å²) in [5.74, 6) is -1.17. The molecule has 104 valence electrons. The Kier molecular flexibility index (Phi) is 3.22. The van der Waals surface area contributed by atoms with Crippen molar-refractivity contribution in [3.8, 4) is 0 Å². The number of hydrogen-bond donors (Lipinski definition) is 2. The Morgan fingerprint density at radius 2 is 2.26 bits per heavy atom. The van der Waals surface area contributed by atoms with E-state index in [4.69, 9.17) is 9.84 Å². The van der Waals surface area contributed by atoms with Gasteiger partial charge in [-0.2, -0.15) is 0 Å². The fraction of sp³-hybridized carbons (Fsp3) is 0.692. The van der Waals surface area contributed by atoms with Gasteiger partial charge in [0.05, 0.1) is 5.69 Å². The Hall–Kier alpha value is -1.14. The molecule has 5 nitrogen and oxygen atoms in total. The Morgan fingerprint density at radius 1 is 1.53 bits per heavy atom. The van der Waals surface area contributed by atoms with Gasteiger partial charge in [-0.25, -0.2) is 4.98 Å². The summed E-state index contributed by atoms with van der Waals surface area (Å²) >= 11 is 1.61. The van der Waals surface area contributed by atoms with Crippen LogP contribution in [0.2, 0.25) is 0 Å². The Balaban J connectivity index is 1.77. The van der Waals surface area contributed by atoms with Gasteiger partial charge in [0, 0.05) is 23.6 Å². The zero-order valence-electron chi connectivity index (χ0n) is 10.9. The van der Waals surface area contributed by atoms with E-state index in [1.807, 2.05) is 0 Å². The van der Waals surface area contributed by atoms with Gasteiger partial charge in [0.1, 0.15) is 5.92 Å². The van der Waals surface area contributed by atoms with Crippen molar-refractivity contribution in [1.29, 1.82) is 0 Å². The Labute approximate surface area is 116 Å². The summed E-state index contributed by atoms with van der Waals surface area (Å²) in [6.45, 7) is 3.72. The molecule has 1 aliphatic carbocycles. The van der Waals surface area contributed by atoms with E-state index in [9.17, 15) is 4.79 Å². The van der Waals surface area contributed by atoms with Crippen LogP contribution in [0.1, 0.15) is 42.7 Å². The van der Waals surface area contributed by atoms with E-state index in [1.54, 1.807) is 11.3 Å². The van der Waals surface area contributed by atoms with Crippen molar-refractivity contribution < 1.29 is 14.6 Å². The van der Waals surface area contributed by atoms with E-state index in [2.05, 4.69) is 17.2 Å². The normalized spacial score (nSPS) is 25.0. The molecule has 1 saturated heterocycles. The van der Waals surface area contributed by atoms with Crippen molar-refractivity contribution in [3.05, 3.63) is 10.6 Å². The first kappa shape index (κ1) is 12.9. The van der Waals surface area contributed by atoms with Gasteiger partial charge in [-0.1, -0.05) is 0 Å². The second kappa shape index (κ2) is 4.76. The summed E-state index contributed by atoms with van der Waals surface area (Å²) in [6.07, 6.45) is 3.44. The number of anilines is 1. The lowest BCUT2D eigenvalue weighted by Gasteiger charge is -2.34.